The summed E-state index contributed by atoms with van der Waals surface area (Å²) >= 11 is 0. The largest absolute Gasteiger partial charge is 0.451 e. The third-order valence-corrected chi connectivity index (χ3v) is 4.75. The Labute approximate surface area is 169 Å². The minimum Gasteiger partial charge on any atom is -0.451 e. The molecule has 152 valence electrons. The van der Waals surface area contributed by atoms with Crippen LogP contribution in [-0.2, 0) is 4.79 Å². The first-order valence-electron chi connectivity index (χ1n) is 9.22. The van der Waals surface area contributed by atoms with Gasteiger partial charge in [0.2, 0.25) is 5.91 Å². The highest BCUT2D eigenvalue weighted by atomic mass is 35.5. The van der Waals surface area contributed by atoms with Crippen LogP contribution in [0.25, 0.3) is 11.3 Å². The number of piperidine rings is 1. The van der Waals surface area contributed by atoms with Gasteiger partial charge >= 0.3 is 0 Å². The van der Waals surface area contributed by atoms with Gasteiger partial charge < -0.3 is 20.4 Å². The maximum atomic E-state index is 13.9. The number of halogens is 2. The smallest absolute Gasteiger partial charge is 0.289 e. The number of nitrogens with one attached hydrogen (secondary N) is 1. The third-order valence-electron chi connectivity index (χ3n) is 4.75. The van der Waals surface area contributed by atoms with Gasteiger partial charge in [0.1, 0.15) is 11.6 Å². The minimum absolute atomic E-state index is 0. The van der Waals surface area contributed by atoms with Crippen LogP contribution in [0.5, 0.6) is 0 Å². The minimum atomic E-state index is -0.399. The monoisotopic (exact) mass is 409 g/mol. The van der Waals surface area contributed by atoms with Gasteiger partial charge in [-0.05, 0) is 43.5 Å². The summed E-state index contributed by atoms with van der Waals surface area (Å²) in [6, 6.07) is 9.37. The number of hydrogen-bond acceptors (Lipinski definition) is 4. The van der Waals surface area contributed by atoms with Crippen LogP contribution >= 0.6 is 12.4 Å². The lowest BCUT2D eigenvalue weighted by molar-refractivity contribution is -0.121. The quantitative estimate of drug-likeness (QED) is 0.767. The molecule has 0 radical (unpaired) electrons. The molecule has 0 bridgehead atoms. The van der Waals surface area contributed by atoms with E-state index in [2.05, 4.69) is 5.32 Å². The molecule has 1 aromatic carbocycles. The van der Waals surface area contributed by atoms with Crippen molar-refractivity contribution in [2.75, 3.05) is 19.6 Å². The molecule has 6 nitrogen and oxygen atoms in total. The fourth-order valence-corrected chi connectivity index (χ4v) is 3.33. The van der Waals surface area contributed by atoms with Crippen molar-refractivity contribution in [3.05, 3.63) is 48.0 Å². The first kappa shape index (κ1) is 21.9. The van der Waals surface area contributed by atoms with Crippen LogP contribution in [0.4, 0.5) is 4.39 Å². The molecule has 28 heavy (non-hydrogen) atoms. The number of furan rings is 1. The van der Waals surface area contributed by atoms with E-state index in [-0.39, 0.29) is 42.4 Å². The summed E-state index contributed by atoms with van der Waals surface area (Å²) < 4.78 is 19.6. The number of amides is 2. The van der Waals surface area contributed by atoms with E-state index in [9.17, 15) is 14.0 Å². The molecular formula is C20H25ClFN3O3. The molecule has 0 spiro atoms. The van der Waals surface area contributed by atoms with Crippen LogP contribution in [0.2, 0.25) is 0 Å². The van der Waals surface area contributed by atoms with E-state index in [1.54, 1.807) is 35.2 Å². The summed E-state index contributed by atoms with van der Waals surface area (Å²) in [6.07, 6.45) is 2.99. The fraction of sp³-hybridized carbons (Fsp3) is 0.400. The summed E-state index contributed by atoms with van der Waals surface area (Å²) in [5, 5.41) is 2.84. The molecule has 1 aromatic heterocycles. The molecule has 1 saturated heterocycles. The normalized spacial score (nSPS) is 16.4. The summed E-state index contributed by atoms with van der Waals surface area (Å²) in [5.41, 5.74) is 5.71. The van der Waals surface area contributed by atoms with Gasteiger partial charge in [0, 0.05) is 32.1 Å². The average Bonchev–Trinajstić information content (AvgIpc) is 3.16. The van der Waals surface area contributed by atoms with Crippen LogP contribution in [0.15, 0.2) is 40.8 Å². The van der Waals surface area contributed by atoms with Crippen molar-refractivity contribution in [3.63, 3.8) is 0 Å². The molecule has 1 aliphatic rings. The van der Waals surface area contributed by atoms with Crippen molar-refractivity contribution in [2.24, 2.45) is 5.73 Å². The number of rotatable bonds is 6. The Bertz CT molecular complexity index is 811. The topological polar surface area (TPSA) is 88.6 Å². The molecule has 1 unspecified atom stereocenters. The summed E-state index contributed by atoms with van der Waals surface area (Å²) in [5.74, 6) is -0.260. The van der Waals surface area contributed by atoms with Crippen molar-refractivity contribution >= 4 is 24.2 Å². The standard InChI is InChI=1S/C20H24FN3O3.ClH/c21-16-7-2-1-6-15(16)17-8-9-18(27-17)20(26)24-12-4-3-5-14(24)13-23-19(25)10-11-22;/h1-2,6-9,14H,3-5,10-13,22H2,(H,23,25);1H. The molecule has 1 aliphatic heterocycles. The van der Waals surface area contributed by atoms with Gasteiger partial charge in [0.25, 0.3) is 5.91 Å². The zero-order valence-corrected chi connectivity index (χ0v) is 16.3. The molecule has 2 aromatic rings. The number of carbonyl (C=O) groups is 2. The molecular weight excluding hydrogens is 385 g/mol. The van der Waals surface area contributed by atoms with E-state index in [1.807, 2.05) is 0 Å². The van der Waals surface area contributed by atoms with Crippen molar-refractivity contribution in [1.29, 1.82) is 0 Å². The highest BCUT2D eigenvalue weighted by Crippen LogP contribution is 2.27. The summed E-state index contributed by atoms with van der Waals surface area (Å²) in [4.78, 5) is 26.3. The van der Waals surface area contributed by atoms with Gasteiger partial charge in [0.05, 0.1) is 5.56 Å². The Balaban J connectivity index is 0.00000280. The van der Waals surface area contributed by atoms with E-state index in [0.717, 1.165) is 19.3 Å². The van der Waals surface area contributed by atoms with Gasteiger partial charge in [-0.3, -0.25) is 9.59 Å². The summed E-state index contributed by atoms with van der Waals surface area (Å²) in [7, 11) is 0. The van der Waals surface area contributed by atoms with E-state index in [1.165, 1.54) is 6.07 Å². The van der Waals surface area contributed by atoms with E-state index in [4.69, 9.17) is 10.2 Å². The Morgan fingerprint density at radius 3 is 2.75 bits per heavy atom. The lowest BCUT2D eigenvalue weighted by Gasteiger charge is -2.35. The van der Waals surface area contributed by atoms with Crippen molar-refractivity contribution in [1.82, 2.24) is 10.2 Å². The second-order valence-electron chi connectivity index (χ2n) is 6.63. The lowest BCUT2D eigenvalue weighted by Crippen LogP contribution is -2.49. The number of likely N-dealkylation sites (tertiary alicyclic amines) is 1. The van der Waals surface area contributed by atoms with Gasteiger partial charge in [-0.15, -0.1) is 12.4 Å². The maximum Gasteiger partial charge on any atom is 0.289 e. The van der Waals surface area contributed by atoms with E-state index >= 15 is 0 Å². The number of hydrogen-bond donors (Lipinski definition) is 2. The van der Waals surface area contributed by atoms with Gasteiger partial charge in [-0.25, -0.2) is 4.39 Å². The average molecular weight is 410 g/mol. The molecule has 2 amide bonds. The second kappa shape index (κ2) is 10.2. The molecule has 1 atom stereocenters. The highest BCUT2D eigenvalue weighted by Gasteiger charge is 2.29. The first-order valence-corrected chi connectivity index (χ1v) is 9.22. The fourth-order valence-electron chi connectivity index (χ4n) is 3.33. The van der Waals surface area contributed by atoms with Crippen LogP contribution in [0.3, 0.4) is 0 Å². The zero-order chi connectivity index (χ0) is 19.2. The molecule has 0 aliphatic carbocycles. The van der Waals surface area contributed by atoms with Crippen molar-refractivity contribution < 1.29 is 18.4 Å². The predicted molar refractivity (Wildman–Crippen MR) is 107 cm³/mol. The molecule has 3 rings (SSSR count). The molecule has 0 saturated carbocycles. The maximum absolute atomic E-state index is 13.9. The predicted octanol–water partition coefficient (Wildman–Crippen LogP) is 2.97. The van der Waals surface area contributed by atoms with Crippen LogP contribution in [-0.4, -0.2) is 42.4 Å². The Kier molecular flexibility index (Phi) is 8.02. The van der Waals surface area contributed by atoms with Gasteiger partial charge in [-0.1, -0.05) is 12.1 Å². The zero-order valence-electron chi connectivity index (χ0n) is 15.5. The molecule has 8 heteroatoms. The van der Waals surface area contributed by atoms with E-state index in [0.29, 0.717) is 31.0 Å². The Morgan fingerprint density at radius 1 is 1.21 bits per heavy atom. The SMILES string of the molecule is Cl.NCCC(=O)NCC1CCCCN1C(=O)c1ccc(-c2ccccc2F)o1. The van der Waals surface area contributed by atoms with Gasteiger partial charge in [0.15, 0.2) is 5.76 Å². The molecule has 1 fully saturated rings. The first-order chi connectivity index (χ1) is 13.1. The Hall–Kier alpha value is -2.38. The van der Waals surface area contributed by atoms with Crippen molar-refractivity contribution in [3.8, 4) is 11.3 Å². The lowest BCUT2D eigenvalue weighted by atomic mass is 10.0. The summed E-state index contributed by atoms with van der Waals surface area (Å²) in [6.45, 7) is 1.29. The number of benzene rings is 1. The highest BCUT2D eigenvalue weighted by molar-refractivity contribution is 5.92. The van der Waals surface area contributed by atoms with Crippen LogP contribution in [0, 0.1) is 5.82 Å². The molecule has 3 N–H and O–H groups in total. The number of nitrogens with two attached hydrogens (primary N) is 1. The second-order valence-corrected chi connectivity index (χ2v) is 6.63. The number of nitrogens with zero attached hydrogens (tertiary/aromatic N) is 1. The van der Waals surface area contributed by atoms with Crippen molar-refractivity contribution in [2.45, 2.75) is 31.7 Å². The Morgan fingerprint density at radius 2 is 2.00 bits per heavy atom. The third kappa shape index (κ3) is 5.11. The van der Waals surface area contributed by atoms with Crippen LogP contribution < -0.4 is 11.1 Å². The van der Waals surface area contributed by atoms with Crippen LogP contribution in [0.1, 0.15) is 36.2 Å². The van der Waals surface area contributed by atoms with Gasteiger partial charge in [-0.2, -0.15) is 0 Å². The molecule has 2 heterocycles. The van der Waals surface area contributed by atoms with E-state index < -0.39 is 5.82 Å². The number of carbonyl (C=O) groups excluding carboxylic acids is 2.